The Bertz CT molecular complexity index is 1090. The number of carbonyl (C=O) groups is 1. The van der Waals surface area contributed by atoms with E-state index in [1.54, 1.807) is 0 Å². The van der Waals surface area contributed by atoms with Gasteiger partial charge < -0.3 is 11.1 Å². The molecule has 3 N–H and O–H groups in total. The average Bonchev–Trinajstić information content (AvgIpc) is 2.83. The van der Waals surface area contributed by atoms with Gasteiger partial charge in [-0.3, -0.25) is 4.79 Å². The van der Waals surface area contributed by atoms with Gasteiger partial charge in [0.1, 0.15) is 0 Å². The van der Waals surface area contributed by atoms with Crippen LogP contribution in [0.3, 0.4) is 0 Å². The van der Waals surface area contributed by atoms with E-state index in [1.807, 2.05) is 18.2 Å². The quantitative estimate of drug-likeness (QED) is 0.360. The number of carbonyl (C=O) groups excluding carboxylic acids is 1. The van der Waals surface area contributed by atoms with Crippen LogP contribution in [-0.2, 0) is 0 Å². The van der Waals surface area contributed by atoms with Crippen molar-refractivity contribution in [2.45, 2.75) is 26.7 Å². The Labute approximate surface area is 185 Å². The Hall–Kier alpha value is -3.17. The summed E-state index contributed by atoms with van der Waals surface area (Å²) in [6.45, 7) is 5.08. The lowest BCUT2D eigenvalue weighted by atomic mass is 9.88. The minimum Gasteiger partial charge on any atom is -0.352 e. The molecule has 0 spiro atoms. The van der Waals surface area contributed by atoms with Gasteiger partial charge in [-0.05, 0) is 52.1 Å². The summed E-state index contributed by atoms with van der Waals surface area (Å²) >= 11 is 0. The fraction of sp³-hybridized carbons (Fsp3) is 0.250. The Kier molecular flexibility index (Phi) is 7.80. The lowest BCUT2D eigenvalue weighted by Crippen LogP contribution is -2.28. The summed E-state index contributed by atoms with van der Waals surface area (Å²) in [6.07, 6.45) is 2.25. The topological polar surface area (TPSA) is 55.1 Å². The molecule has 0 bridgehead atoms. The molecule has 0 saturated heterocycles. The van der Waals surface area contributed by atoms with Gasteiger partial charge in [0, 0.05) is 6.54 Å². The molecule has 0 aliphatic carbocycles. The van der Waals surface area contributed by atoms with Crippen LogP contribution in [0.1, 0.15) is 37.0 Å². The highest BCUT2D eigenvalue weighted by atomic mass is 16.1. The Morgan fingerprint density at radius 2 is 1.29 bits per heavy atom. The number of rotatable bonds is 6. The third-order valence-corrected chi connectivity index (χ3v) is 5.61. The lowest BCUT2D eigenvalue weighted by molar-refractivity contribution is 0.0950. The van der Waals surface area contributed by atoms with Crippen molar-refractivity contribution >= 4 is 27.5 Å². The van der Waals surface area contributed by atoms with E-state index in [-0.39, 0.29) is 5.91 Å². The van der Waals surface area contributed by atoms with Gasteiger partial charge in [0.05, 0.1) is 5.56 Å². The van der Waals surface area contributed by atoms with Crippen LogP contribution in [-0.4, -0.2) is 19.5 Å². The van der Waals surface area contributed by atoms with Crippen LogP contribution in [0.25, 0.3) is 32.7 Å². The van der Waals surface area contributed by atoms with Crippen molar-refractivity contribution in [3.63, 3.8) is 0 Å². The summed E-state index contributed by atoms with van der Waals surface area (Å²) in [5, 5.41) is 7.43. The van der Waals surface area contributed by atoms with Gasteiger partial charge >= 0.3 is 0 Å². The van der Waals surface area contributed by atoms with Crippen molar-refractivity contribution in [3.8, 4) is 11.1 Å². The summed E-state index contributed by atoms with van der Waals surface area (Å²) in [4.78, 5) is 13.3. The first-order valence-corrected chi connectivity index (χ1v) is 11.1. The van der Waals surface area contributed by atoms with E-state index in [1.165, 1.54) is 18.2 Å². The Morgan fingerprint density at radius 3 is 1.81 bits per heavy atom. The maximum atomic E-state index is 13.3. The van der Waals surface area contributed by atoms with Gasteiger partial charge in [-0.2, -0.15) is 0 Å². The van der Waals surface area contributed by atoms with Crippen LogP contribution in [0.5, 0.6) is 0 Å². The van der Waals surface area contributed by atoms with E-state index >= 15 is 0 Å². The number of nitrogens with one attached hydrogen (secondary N) is 1. The second-order valence-electron chi connectivity index (χ2n) is 7.81. The maximum absolute atomic E-state index is 13.3. The third kappa shape index (κ3) is 4.78. The van der Waals surface area contributed by atoms with Gasteiger partial charge in [0.2, 0.25) is 0 Å². The first-order valence-electron chi connectivity index (χ1n) is 11.1. The fourth-order valence-corrected chi connectivity index (χ4v) is 4.24. The molecule has 0 heterocycles. The first kappa shape index (κ1) is 22.5. The van der Waals surface area contributed by atoms with Crippen LogP contribution >= 0.6 is 0 Å². The van der Waals surface area contributed by atoms with Crippen LogP contribution < -0.4 is 11.1 Å². The van der Waals surface area contributed by atoms with Crippen molar-refractivity contribution < 1.29 is 4.79 Å². The SMILES string of the molecule is CCCC(C)CNC(=O)c1c2ccccc2c(-c2ccccc2)c2ccccc12.CN. The molecule has 0 aliphatic heterocycles. The highest BCUT2D eigenvalue weighted by Crippen LogP contribution is 2.39. The molecule has 0 fully saturated rings. The van der Waals surface area contributed by atoms with E-state index in [9.17, 15) is 4.79 Å². The largest absolute Gasteiger partial charge is 0.352 e. The normalized spacial score (nSPS) is 11.6. The zero-order valence-electron chi connectivity index (χ0n) is 18.7. The van der Waals surface area contributed by atoms with E-state index in [0.29, 0.717) is 12.5 Å². The molecular weight excluding hydrogens is 380 g/mol. The minimum absolute atomic E-state index is 0.0139. The van der Waals surface area contributed by atoms with Crippen LogP contribution in [0.4, 0.5) is 0 Å². The molecule has 4 aromatic rings. The van der Waals surface area contributed by atoms with Crippen molar-refractivity contribution in [2.75, 3.05) is 13.6 Å². The predicted molar refractivity (Wildman–Crippen MR) is 133 cm³/mol. The molecule has 31 heavy (non-hydrogen) atoms. The van der Waals surface area contributed by atoms with E-state index in [0.717, 1.165) is 39.9 Å². The van der Waals surface area contributed by atoms with E-state index in [2.05, 4.69) is 85.6 Å². The highest BCUT2D eigenvalue weighted by molar-refractivity contribution is 6.24. The molecule has 0 saturated carbocycles. The molecule has 1 unspecified atom stereocenters. The predicted octanol–water partition coefficient (Wildman–Crippen LogP) is 6.40. The molecule has 1 atom stereocenters. The molecule has 0 aliphatic rings. The zero-order valence-corrected chi connectivity index (χ0v) is 18.7. The molecule has 1 amide bonds. The smallest absolute Gasteiger partial charge is 0.252 e. The van der Waals surface area contributed by atoms with Crippen molar-refractivity contribution in [1.82, 2.24) is 5.32 Å². The van der Waals surface area contributed by atoms with Gasteiger partial charge in [-0.25, -0.2) is 0 Å². The van der Waals surface area contributed by atoms with Crippen molar-refractivity contribution in [2.24, 2.45) is 11.7 Å². The van der Waals surface area contributed by atoms with Gasteiger partial charge in [0.15, 0.2) is 0 Å². The fourth-order valence-electron chi connectivity index (χ4n) is 4.24. The first-order chi connectivity index (χ1) is 15.2. The number of benzene rings is 4. The maximum Gasteiger partial charge on any atom is 0.252 e. The van der Waals surface area contributed by atoms with Gasteiger partial charge in [0.25, 0.3) is 5.91 Å². The molecule has 0 radical (unpaired) electrons. The van der Waals surface area contributed by atoms with Crippen LogP contribution in [0.15, 0.2) is 78.9 Å². The Balaban J connectivity index is 0.00000132. The molecule has 4 rings (SSSR count). The Morgan fingerprint density at radius 1 is 0.806 bits per heavy atom. The third-order valence-electron chi connectivity index (χ3n) is 5.61. The minimum atomic E-state index is 0.0139. The zero-order chi connectivity index (χ0) is 22.2. The standard InChI is InChI=1S/C27H27NO.CH5N/c1-3-11-19(2)18-28-27(29)26-23-16-9-7-14-21(23)25(20-12-5-4-6-13-20)22-15-8-10-17-24(22)26;1-2/h4-10,12-17,19H,3,11,18H2,1-2H3,(H,28,29);2H2,1H3. The number of hydrogen-bond donors (Lipinski definition) is 2. The van der Waals surface area contributed by atoms with Gasteiger partial charge in [-0.1, -0.05) is 99.1 Å². The number of hydrogen-bond acceptors (Lipinski definition) is 2. The highest BCUT2D eigenvalue weighted by Gasteiger charge is 2.19. The molecule has 0 aromatic heterocycles. The van der Waals surface area contributed by atoms with Crippen LogP contribution in [0.2, 0.25) is 0 Å². The molecule has 3 heteroatoms. The molecule has 160 valence electrons. The number of amides is 1. The summed E-state index contributed by atoms with van der Waals surface area (Å²) in [7, 11) is 1.50. The summed E-state index contributed by atoms with van der Waals surface area (Å²) < 4.78 is 0. The second-order valence-corrected chi connectivity index (χ2v) is 7.81. The van der Waals surface area contributed by atoms with Gasteiger partial charge in [-0.15, -0.1) is 0 Å². The van der Waals surface area contributed by atoms with E-state index < -0.39 is 0 Å². The van der Waals surface area contributed by atoms with Crippen LogP contribution in [0, 0.1) is 5.92 Å². The molecular formula is C28H32N2O. The molecule has 3 nitrogen and oxygen atoms in total. The summed E-state index contributed by atoms with van der Waals surface area (Å²) in [5.74, 6) is 0.491. The second kappa shape index (κ2) is 10.7. The van der Waals surface area contributed by atoms with Crippen molar-refractivity contribution in [3.05, 3.63) is 84.4 Å². The summed E-state index contributed by atoms with van der Waals surface area (Å²) in [6, 6.07) is 27.0. The summed E-state index contributed by atoms with van der Waals surface area (Å²) in [5.41, 5.74) is 7.63. The number of nitrogens with two attached hydrogens (primary N) is 1. The lowest BCUT2D eigenvalue weighted by Gasteiger charge is -2.18. The monoisotopic (exact) mass is 412 g/mol. The van der Waals surface area contributed by atoms with E-state index in [4.69, 9.17) is 0 Å². The number of fused-ring (bicyclic) bond motifs is 2. The molecule has 4 aromatic carbocycles. The average molecular weight is 413 g/mol. The van der Waals surface area contributed by atoms with Crippen molar-refractivity contribution in [1.29, 1.82) is 0 Å².